The number of nitrogens with one attached hydrogen (secondary N) is 2. The maximum absolute atomic E-state index is 12.8. The number of para-hydroxylation sites is 2. The number of hydrogen-bond acceptors (Lipinski definition) is 3. The summed E-state index contributed by atoms with van der Waals surface area (Å²) in [6.07, 6.45) is 2.42. The van der Waals surface area contributed by atoms with Gasteiger partial charge in [-0.1, -0.05) is 30.3 Å². The molecule has 1 heterocycles. The molecule has 4 rings (SSSR count). The van der Waals surface area contributed by atoms with Crippen LogP contribution in [0.4, 0.5) is 0 Å². The predicted molar refractivity (Wildman–Crippen MR) is 120 cm³/mol. The van der Waals surface area contributed by atoms with Crippen LogP contribution in [0.25, 0.3) is 10.9 Å². The first-order valence-electron chi connectivity index (χ1n) is 9.75. The summed E-state index contributed by atoms with van der Waals surface area (Å²) in [5.41, 5.74) is 2.23. The van der Waals surface area contributed by atoms with Crippen molar-refractivity contribution in [1.82, 2.24) is 10.3 Å². The molecule has 158 valence electrons. The maximum atomic E-state index is 12.8. The van der Waals surface area contributed by atoms with Crippen LogP contribution < -0.4 is 14.8 Å². The van der Waals surface area contributed by atoms with E-state index in [2.05, 4.69) is 16.4 Å². The molecule has 1 fully saturated rings. The molecule has 1 aromatic heterocycles. The highest BCUT2D eigenvalue weighted by atomic mass is 35.5. The van der Waals surface area contributed by atoms with Crippen molar-refractivity contribution < 1.29 is 14.3 Å². The predicted octanol–water partition coefficient (Wildman–Crippen LogP) is 5.02. The van der Waals surface area contributed by atoms with Gasteiger partial charge in [-0.2, -0.15) is 0 Å². The second-order valence-corrected chi connectivity index (χ2v) is 9.33. The molecule has 3 aromatic rings. The van der Waals surface area contributed by atoms with Gasteiger partial charge in [0.05, 0.1) is 19.6 Å². The molecule has 2 atom stereocenters. The summed E-state index contributed by atoms with van der Waals surface area (Å²) in [4.78, 5) is 16.2. The minimum Gasteiger partial charge on any atom is -0.493 e. The molecule has 0 radical (unpaired) electrons. The number of halogens is 2. The fourth-order valence-electron chi connectivity index (χ4n) is 3.99. The van der Waals surface area contributed by atoms with Crippen LogP contribution in [0, 0.1) is 5.41 Å². The van der Waals surface area contributed by atoms with Crippen LogP contribution >= 0.6 is 23.2 Å². The number of alkyl halides is 2. The van der Waals surface area contributed by atoms with Crippen molar-refractivity contribution in [3.8, 4) is 11.5 Å². The van der Waals surface area contributed by atoms with E-state index in [-0.39, 0.29) is 11.8 Å². The maximum Gasteiger partial charge on any atom is 0.229 e. The van der Waals surface area contributed by atoms with Crippen molar-refractivity contribution in [1.29, 1.82) is 0 Å². The first-order valence-corrected chi connectivity index (χ1v) is 10.5. The highest BCUT2D eigenvalue weighted by Gasteiger charge is 2.67. The number of ether oxygens (including phenoxy) is 2. The Morgan fingerprint density at radius 3 is 2.53 bits per heavy atom. The summed E-state index contributed by atoms with van der Waals surface area (Å²) in [5, 5.41) is 4.15. The third kappa shape index (κ3) is 3.40. The number of amides is 1. The van der Waals surface area contributed by atoms with Crippen LogP contribution in [-0.2, 0) is 4.79 Å². The quantitative estimate of drug-likeness (QED) is 0.500. The van der Waals surface area contributed by atoms with Gasteiger partial charge in [-0.3, -0.25) is 4.79 Å². The Labute approximate surface area is 185 Å². The highest BCUT2D eigenvalue weighted by molar-refractivity contribution is 6.53. The number of aromatic nitrogens is 1. The molecule has 1 aliphatic rings. The third-order valence-corrected chi connectivity index (χ3v) is 7.13. The summed E-state index contributed by atoms with van der Waals surface area (Å²) in [6.45, 7) is 2.15. The van der Waals surface area contributed by atoms with E-state index in [1.807, 2.05) is 42.6 Å². The Morgan fingerprint density at radius 1 is 1.13 bits per heavy atom. The number of methoxy groups -OCH3 is 2. The Kier molecular flexibility index (Phi) is 5.37. The standard InChI is InChI=1S/C23H24Cl2N2O3/c1-22(13-23(22,24)25)21(28)27-12-17(15-8-6-10-19(29-2)20(15)30-3)16-11-26-18-9-5-4-7-14(16)18/h4-11,17,26H,12-13H2,1-3H3,(H,27,28). The van der Waals surface area contributed by atoms with Gasteiger partial charge in [0.1, 0.15) is 4.33 Å². The fourth-order valence-corrected chi connectivity index (χ4v) is 4.70. The minimum atomic E-state index is -1.01. The number of aromatic amines is 1. The van der Waals surface area contributed by atoms with Gasteiger partial charge in [0.25, 0.3) is 0 Å². The molecule has 5 nitrogen and oxygen atoms in total. The molecule has 2 aromatic carbocycles. The van der Waals surface area contributed by atoms with Gasteiger partial charge < -0.3 is 19.8 Å². The van der Waals surface area contributed by atoms with Gasteiger partial charge in [0.2, 0.25) is 5.91 Å². The molecular weight excluding hydrogens is 423 g/mol. The van der Waals surface area contributed by atoms with Crippen LogP contribution in [-0.4, -0.2) is 36.0 Å². The molecule has 30 heavy (non-hydrogen) atoms. The molecular formula is C23H24Cl2N2O3. The molecule has 2 unspecified atom stereocenters. The summed E-state index contributed by atoms with van der Waals surface area (Å²) in [6, 6.07) is 13.8. The van der Waals surface area contributed by atoms with Crippen molar-refractivity contribution in [2.24, 2.45) is 5.41 Å². The number of fused-ring (bicyclic) bond motifs is 1. The van der Waals surface area contributed by atoms with Crippen molar-refractivity contribution in [2.45, 2.75) is 23.6 Å². The smallest absolute Gasteiger partial charge is 0.229 e. The molecule has 0 aliphatic heterocycles. The topological polar surface area (TPSA) is 63.3 Å². The summed E-state index contributed by atoms with van der Waals surface area (Å²) in [7, 11) is 3.23. The summed E-state index contributed by atoms with van der Waals surface area (Å²) in [5.74, 6) is 0.962. The SMILES string of the molecule is COc1cccc(C(CNC(=O)C2(C)CC2(Cl)Cl)c2c[nH]c3ccccc23)c1OC. The van der Waals surface area contributed by atoms with Gasteiger partial charge in [-0.05, 0) is 31.0 Å². The van der Waals surface area contributed by atoms with E-state index in [4.69, 9.17) is 32.7 Å². The van der Waals surface area contributed by atoms with Gasteiger partial charge in [-0.25, -0.2) is 0 Å². The first kappa shape index (κ1) is 20.9. The van der Waals surface area contributed by atoms with E-state index in [1.165, 1.54) is 0 Å². The number of benzene rings is 2. The van der Waals surface area contributed by atoms with Gasteiger partial charge >= 0.3 is 0 Å². The summed E-state index contributed by atoms with van der Waals surface area (Å²) < 4.78 is 10.2. The zero-order valence-corrected chi connectivity index (χ0v) is 18.6. The molecule has 7 heteroatoms. The molecule has 0 spiro atoms. The van der Waals surface area contributed by atoms with Crippen molar-refractivity contribution in [2.75, 3.05) is 20.8 Å². The monoisotopic (exact) mass is 446 g/mol. The molecule has 0 bridgehead atoms. The number of carbonyl (C=O) groups is 1. The van der Waals surface area contributed by atoms with Gasteiger partial charge in [0.15, 0.2) is 11.5 Å². The lowest BCUT2D eigenvalue weighted by atomic mass is 9.89. The number of H-pyrrole nitrogens is 1. The van der Waals surface area contributed by atoms with Crippen molar-refractivity contribution >= 4 is 40.0 Å². The molecule has 1 aliphatic carbocycles. The lowest BCUT2D eigenvalue weighted by Gasteiger charge is -2.23. The van der Waals surface area contributed by atoms with Gasteiger partial charge in [-0.15, -0.1) is 23.2 Å². The average molecular weight is 447 g/mol. The Balaban J connectivity index is 1.74. The lowest BCUT2D eigenvalue weighted by Crippen LogP contribution is -2.36. The van der Waals surface area contributed by atoms with E-state index in [0.29, 0.717) is 24.5 Å². The van der Waals surface area contributed by atoms with E-state index < -0.39 is 9.75 Å². The Morgan fingerprint density at radius 2 is 1.87 bits per heavy atom. The van der Waals surface area contributed by atoms with Crippen LogP contribution in [0.15, 0.2) is 48.7 Å². The van der Waals surface area contributed by atoms with Crippen LogP contribution in [0.1, 0.15) is 30.4 Å². The lowest BCUT2D eigenvalue weighted by molar-refractivity contribution is -0.125. The van der Waals surface area contributed by atoms with Crippen molar-refractivity contribution in [3.63, 3.8) is 0 Å². The Bertz CT molecular complexity index is 1090. The molecule has 0 saturated heterocycles. The molecule has 1 saturated carbocycles. The van der Waals surface area contributed by atoms with Crippen molar-refractivity contribution in [3.05, 3.63) is 59.8 Å². The van der Waals surface area contributed by atoms with Crippen LogP contribution in [0.3, 0.4) is 0 Å². The average Bonchev–Trinajstić information content (AvgIpc) is 3.07. The number of carbonyl (C=O) groups excluding carboxylic acids is 1. The highest BCUT2D eigenvalue weighted by Crippen LogP contribution is 2.63. The normalized spacial score (nSPS) is 20.6. The minimum absolute atomic E-state index is 0.154. The largest absolute Gasteiger partial charge is 0.493 e. The van der Waals surface area contributed by atoms with E-state index in [1.54, 1.807) is 21.1 Å². The van der Waals surface area contributed by atoms with Crippen LogP contribution in [0.5, 0.6) is 11.5 Å². The number of rotatable bonds is 7. The second kappa shape index (κ2) is 7.71. The molecule has 2 N–H and O–H groups in total. The zero-order valence-electron chi connectivity index (χ0n) is 17.1. The molecule has 1 amide bonds. The zero-order chi connectivity index (χ0) is 21.5. The second-order valence-electron chi connectivity index (χ2n) is 7.85. The number of hydrogen-bond donors (Lipinski definition) is 2. The Hall–Kier alpha value is -2.37. The van der Waals surface area contributed by atoms with E-state index >= 15 is 0 Å². The summed E-state index contributed by atoms with van der Waals surface area (Å²) >= 11 is 12.4. The fraction of sp³-hybridized carbons (Fsp3) is 0.348. The van der Waals surface area contributed by atoms with Crippen LogP contribution in [0.2, 0.25) is 0 Å². The third-order valence-electron chi connectivity index (χ3n) is 6.03. The first-order chi connectivity index (χ1) is 14.3. The van der Waals surface area contributed by atoms with E-state index in [9.17, 15) is 4.79 Å². The van der Waals surface area contributed by atoms with Gasteiger partial charge in [0, 0.05) is 35.1 Å². The van der Waals surface area contributed by atoms with E-state index in [0.717, 1.165) is 22.0 Å².